The first-order chi connectivity index (χ1) is 14.8. The molecule has 0 bridgehead atoms. The molecule has 1 aliphatic heterocycles. The molecular formula is C21H26N6O3S. The summed E-state index contributed by atoms with van der Waals surface area (Å²) in [6, 6.07) is 3.80. The molecule has 0 aromatic carbocycles. The molecule has 2 amide bonds. The van der Waals surface area contributed by atoms with Gasteiger partial charge in [0, 0.05) is 43.7 Å². The molecule has 1 aliphatic rings. The molecule has 3 aromatic heterocycles. The summed E-state index contributed by atoms with van der Waals surface area (Å²) in [5.74, 6) is 1.32. The fourth-order valence-corrected chi connectivity index (χ4v) is 4.80. The van der Waals surface area contributed by atoms with Crippen molar-refractivity contribution < 1.29 is 14.3 Å². The molecule has 1 saturated heterocycles. The van der Waals surface area contributed by atoms with E-state index in [2.05, 4.69) is 20.2 Å². The molecule has 31 heavy (non-hydrogen) atoms. The Balaban J connectivity index is 1.58. The van der Waals surface area contributed by atoms with Crippen molar-refractivity contribution in [2.24, 2.45) is 0 Å². The van der Waals surface area contributed by atoms with Crippen molar-refractivity contribution in [3.63, 3.8) is 0 Å². The molecule has 1 atom stereocenters. The summed E-state index contributed by atoms with van der Waals surface area (Å²) in [5, 5.41) is 7.93. The number of thiophene rings is 1. The molecule has 1 N–H and O–H groups in total. The molecule has 10 heteroatoms. The minimum atomic E-state index is -0.393. The second-order valence-electron chi connectivity index (χ2n) is 8.07. The summed E-state index contributed by atoms with van der Waals surface area (Å²) in [6.45, 7) is 5.29. The number of carbonyl (C=O) groups excluding carboxylic acids is 2. The van der Waals surface area contributed by atoms with Gasteiger partial charge in [0.25, 0.3) is 5.91 Å². The lowest BCUT2D eigenvalue weighted by molar-refractivity contribution is -0.138. The second kappa shape index (κ2) is 8.72. The van der Waals surface area contributed by atoms with Gasteiger partial charge in [-0.15, -0.1) is 11.3 Å². The topological polar surface area (TPSA) is 104 Å². The van der Waals surface area contributed by atoms with E-state index in [9.17, 15) is 9.59 Å². The Bertz CT molecular complexity index is 1110. The van der Waals surface area contributed by atoms with Crippen LogP contribution in [0.2, 0.25) is 0 Å². The predicted molar refractivity (Wildman–Crippen MR) is 117 cm³/mol. The smallest absolute Gasteiger partial charge is 0.263 e. The van der Waals surface area contributed by atoms with Gasteiger partial charge in [0.15, 0.2) is 5.82 Å². The Labute approximate surface area is 184 Å². The average Bonchev–Trinajstić information content (AvgIpc) is 3.38. The van der Waals surface area contributed by atoms with E-state index in [0.717, 1.165) is 15.8 Å². The first-order valence-electron chi connectivity index (χ1n) is 10.2. The van der Waals surface area contributed by atoms with Crippen molar-refractivity contribution in [3.8, 4) is 0 Å². The third-order valence-corrected chi connectivity index (χ3v) is 6.35. The van der Waals surface area contributed by atoms with Gasteiger partial charge in [-0.05, 0) is 6.07 Å². The normalized spacial score (nSPS) is 16.8. The maximum Gasteiger partial charge on any atom is 0.263 e. The molecule has 4 heterocycles. The third-order valence-electron chi connectivity index (χ3n) is 5.23. The van der Waals surface area contributed by atoms with Gasteiger partial charge in [0.1, 0.15) is 21.6 Å². The van der Waals surface area contributed by atoms with E-state index in [-0.39, 0.29) is 24.2 Å². The highest BCUT2D eigenvalue weighted by atomic mass is 32.1. The minimum absolute atomic E-state index is 0.0436. The van der Waals surface area contributed by atoms with Crippen LogP contribution >= 0.6 is 11.3 Å². The van der Waals surface area contributed by atoms with Crippen molar-refractivity contribution in [2.45, 2.75) is 32.3 Å². The van der Waals surface area contributed by atoms with Crippen LogP contribution in [0.3, 0.4) is 0 Å². The number of hydrogen-bond donors (Lipinski definition) is 1. The number of fused-ring (bicyclic) bond motifs is 1. The van der Waals surface area contributed by atoms with Crippen LogP contribution in [0.1, 0.15) is 52.8 Å². The zero-order valence-corrected chi connectivity index (χ0v) is 18.9. The van der Waals surface area contributed by atoms with E-state index < -0.39 is 6.10 Å². The summed E-state index contributed by atoms with van der Waals surface area (Å²) in [4.78, 5) is 39.3. The maximum atomic E-state index is 13.0. The highest BCUT2D eigenvalue weighted by Gasteiger charge is 2.32. The van der Waals surface area contributed by atoms with Crippen molar-refractivity contribution >= 4 is 33.4 Å². The van der Waals surface area contributed by atoms with Gasteiger partial charge < -0.3 is 14.5 Å². The number of amides is 2. The van der Waals surface area contributed by atoms with E-state index in [4.69, 9.17) is 4.74 Å². The molecular weight excluding hydrogens is 416 g/mol. The van der Waals surface area contributed by atoms with Gasteiger partial charge in [-0.2, -0.15) is 5.10 Å². The Morgan fingerprint density at radius 1 is 1.39 bits per heavy atom. The van der Waals surface area contributed by atoms with Crippen molar-refractivity contribution in [1.29, 1.82) is 0 Å². The number of pyridine rings is 1. The largest absolute Gasteiger partial charge is 0.370 e. The number of aromatic amines is 1. The molecule has 0 radical (unpaired) electrons. The van der Waals surface area contributed by atoms with Crippen molar-refractivity contribution in [2.75, 3.05) is 33.8 Å². The number of ether oxygens (including phenoxy) is 1. The third kappa shape index (κ3) is 4.31. The van der Waals surface area contributed by atoms with Crippen LogP contribution in [-0.4, -0.2) is 75.6 Å². The second-order valence-corrected chi connectivity index (χ2v) is 9.07. The SMILES string of the molecule is CC(C)c1n[nH]c(CC(=O)N2CCO[C@@H](c3c(C(=O)N(C)C)sc4ncccc34)C2)n1. The quantitative estimate of drug-likeness (QED) is 0.651. The number of nitrogens with one attached hydrogen (secondary N) is 1. The molecule has 9 nitrogen and oxygen atoms in total. The Kier molecular flexibility index (Phi) is 6.01. The number of H-pyrrole nitrogens is 1. The summed E-state index contributed by atoms with van der Waals surface area (Å²) in [5.41, 5.74) is 0.811. The predicted octanol–water partition coefficient (Wildman–Crippen LogP) is 2.38. The van der Waals surface area contributed by atoms with Crippen LogP contribution in [0.15, 0.2) is 18.3 Å². The van der Waals surface area contributed by atoms with Crippen LogP contribution in [0.25, 0.3) is 10.2 Å². The lowest BCUT2D eigenvalue weighted by atomic mass is 10.0. The number of morpholine rings is 1. The van der Waals surface area contributed by atoms with Crippen LogP contribution in [-0.2, 0) is 16.0 Å². The van der Waals surface area contributed by atoms with E-state index in [0.29, 0.717) is 36.2 Å². The fraction of sp³-hybridized carbons (Fsp3) is 0.476. The molecule has 0 saturated carbocycles. The Morgan fingerprint density at radius 3 is 2.90 bits per heavy atom. The van der Waals surface area contributed by atoms with Gasteiger partial charge >= 0.3 is 0 Å². The zero-order valence-electron chi connectivity index (χ0n) is 18.1. The number of aromatic nitrogens is 4. The van der Waals surface area contributed by atoms with Gasteiger partial charge in [0.05, 0.1) is 19.6 Å². The molecule has 0 unspecified atom stereocenters. The van der Waals surface area contributed by atoms with Gasteiger partial charge in [-0.1, -0.05) is 19.9 Å². The summed E-state index contributed by atoms with van der Waals surface area (Å²) >= 11 is 1.36. The van der Waals surface area contributed by atoms with E-state index >= 15 is 0 Å². The molecule has 0 spiro atoms. The van der Waals surface area contributed by atoms with Gasteiger partial charge in [-0.3, -0.25) is 14.7 Å². The maximum absolute atomic E-state index is 13.0. The Morgan fingerprint density at radius 2 is 2.19 bits per heavy atom. The summed E-state index contributed by atoms with van der Waals surface area (Å²) in [7, 11) is 3.45. The van der Waals surface area contributed by atoms with Crippen LogP contribution in [0, 0.1) is 0 Å². The summed E-state index contributed by atoms with van der Waals surface area (Å²) in [6.07, 6.45) is 1.48. The molecule has 3 aromatic rings. The van der Waals surface area contributed by atoms with Gasteiger partial charge in [-0.25, -0.2) is 9.97 Å². The molecule has 4 rings (SSSR count). The van der Waals surface area contributed by atoms with E-state index in [1.807, 2.05) is 26.0 Å². The fourth-order valence-electron chi connectivity index (χ4n) is 3.59. The monoisotopic (exact) mass is 442 g/mol. The first-order valence-corrected chi connectivity index (χ1v) is 11.1. The lowest BCUT2D eigenvalue weighted by Gasteiger charge is -2.33. The van der Waals surface area contributed by atoms with E-state index in [1.54, 1.807) is 30.1 Å². The first kappa shape index (κ1) is 21.4. The highest BCUT2D eigenvalue weighted by molar-refractivity contribution is 7.20. The van der Waals surface area contributed by atoms with Crippen molar-refractivity contribution in [1.82, 2.24) is 30.0 Å². The minimum Gasteiger partial charge on any atom is -0.370 e. The van der Waals surface area contributed by atoms with E-state index in [1.165, 1.54) is 11.3 Å². The standard InChI is InChI=1S/C21H26N6O3S/c1-12(2)19-23-15(24-25-19)10-16(28)27-8-9-30-14(11-27)17-13-6-5-7-22-20(13)31-18(17)21(29)26(3)4/h5-7,12,14H,8-11H2,1-4H3,(H,23,24,25)/t14-/m1/s1. The Hall–Kier alpha value is -2.85. The van der Waals surface area contributed by atoms with Gasteiger partial charge in [0.2, 0.25) is 5.91 Å². The highest BCUT2D eigenvalue weighted by Crippen LogP contribution is 2.37. The zero-order chi connectivity index (χ0) is 22.1. The number of hydrogen-bond acceptors (Lipinski definition) is 7. The summed E-state index contributed by atoms with van der Waals surface area (Å²) < 4.78 is 6.05. The average molecular weight is 443 g/mol. The van der Waals surface area contributed by atoms with Crippen molar-refractivity contribution in [3.05, 3.63) is 40.4 Å². The van der Waals surface area contributed by atoms with Crippen LogP contribution in [0.4, 0.5) is 0 Å². The molecule has 164 valence electrons. The number of carbonyl (C=O) groups is 2. The number of nitrogens with zero attached hydrogens (tertiary/aromatic N) is 5. The van der Waals surface area contributed by atoms with Crippen LogP contribution < -0.4 is 0 Å². The molecule has 1 fully saturated rings. The molecule has 0 aliphatic carbocycles. The lowest BCUT2D eigenvalue weighted by Crippen LogP contribution is -2.43. The van der Waals surface area contributed by atoms with Crippen LogP contribution in [0.5, 0.6) is 0 Å². The number of rotatable bonds is 5.